The maximum absolute atomic E-state index is 12.5. The van der Waals surface area contributed by atoms with Crippen LogP contribution in [0.2, 0.25) is 0 Å². The lowest BCUT2D eigenvalue weighted by molar-refractivity contribution is -0.117. The molecule has 2 heterocycles. The first-order valence-corrected chi connectivity index (χ1v) is 7.80. The molecule has 0 bridgehead atoms. The number of fused-ring (bicyclic) bond motifs is 1. The average Bonchev–Trinajstić information content (AvgIpc) is 3.08. The van der Waals surface area contributed by atoms with Gasteiger partial charge in [-0.15, -0.1) is 0 Å². The molecule has 24 heavy (non-hydrogen) atoms. The molecule has 2 aromatic carbocycles. The van der Waals surface area contributed by atoms with Crippen LogP contribution in [0, 0.1) is 6.92 Å². The van der Waals surface area contributed by atoms with Gasteiger partial charge >= 0.3 is 0 Å². The van der Waals surface area contributed by atoms with Crippen LogP contribution in [-0.4, -0.2) is 19.7 Å². The number of hydrogen-bond donors (Lipinski definition) is 2. The van der Waals surface area contributed by atoms with Gasteiger partial charge in [-0.3, -0.25) is 9.59 Å². The largest absolute Gasteiger partial charge is 0.321 e. The summed E-state index contributed by atoms with van der Waals surface area (Å²) in [6.45, 7) is 1.98. The van der Waals surface area contributed by atoms with E-state index in [0.717, 1.165) is 22.2 Å². The number of nitrogens with one attached hydrogen (secondary N) is 2. The fourth-order valence-electron chi connectivity index (χ4n) is 3.13. The molecule has 2 aliphatic heterocycles. The molecule has 116 valence electrons. The number of aryl methyl sites for hydroxylation is 1. The van der Waals surface area contributed by atoms with Crippen LogP contribution in [0.5, 0.6) is 0 Å². The van der Waals surface area contributed by atoms with E-state index in [9.17, 15) is 9.59 Å². The molecule has 0 aromatic heterocycles. The minimum Gasteiger partial charge on any atom is -0.321 e. The minimum absolute atomic E-state index is 0.240. The lowest BCUT2D eigenvalue weighted by Gasteiger charge is -2.08. The SMILES string of the molecule is Bc1ccc(C2=C3C(=O)NC(c4cccc(C)c4)=C3C(=O)N2)cc1. The van der Waals surface area contributed by atoms with Gasteiger partial charge in [0.05, 0.1) is 22.5 Å². The molecule has 5 heteroatoms. The van der Waals surface area contributed by atoms with Crippen molar-refractivity contribution < 1.29 is 9.59 Å². The van der Waals surface area contributed by atoms with E-state index in [1.165, 1.54) is 0 Å². The molecule has 0 unspecified atom stereocenters. The fraction of sp³-hybridized carbons (Fsp3) is 0.0526. The Hall–Kier alpha value is -3.08. The van der Waals surface area contributed by atoms with Crippen molar-refractivity contribution in [1.82, 2.24) is 10.6 Å². The lowest BCUT2D eigenvalue weighted by atomic mass is 9.94. The maximum atomic E-state index is 12.5. The van der Waals surface area contributed by atoms with Crippen molar-refractivity contribution in [2.45, 2.75) is 6.92 Å². The predicted octanol–water partition coefficient (Wildman–Crippen LogP) is 0.635. The van der Waals surface area contributed by atoms with Crippen LogP contribution >= 0.6 is 0 Å². The Bertz CT molecular complexity index is 956. The number of hydrogen-bond acceptors (Lipinski definition) is 2. The van der Waals surface area contributed by atoms with Gasteiger partial charge in [0, 0.05) is 0 Å². The summed E-state index contributed by atoms with van der Waals surface area (Å²) in [5, 5.41) is 5.72. The fourth-order valence-corrected chi connectivity index (χ4v) is 3.13. The van der Waals surface area contributed by atoms with Gasteiger partial charge in [-0.1, -0.05) is 53.5 Å². The Morgan fingerprint density at radius 2 is 1.38 bits per heavy atom. The molecule has 4 rings (SSSR count). The summed E-state index contributed by atoms with van der Waals surface area (Å²) in [7, 11) is 2.00. The monoisotopic (exact) mass is 314 g/mol. The van der Waals surface area contributed by atoms with Crippen molar-refractivity contribution in [3.8, 4) is 0 Å². The van der Waals surface area contributed by atoms with Crippen LogP contribution in [0.4, 0.5) is 0 Å². The summed E-state index contributed by atoms with van der Waals surface area (Å²) in [5.74, 6) is -0.481. The van der Waals surface area contributed by atoms with Gasteiger partial charge in [0.15, 0.2) is 0 Å². The first-order chi connectivity index (χ1) is 11.5. The third-order valence-electron chi connectivity index (χ3n) is 4.33. The maximum Gasteiger partial charge on any atom is 0.258 e. The Labute approximate surface area is 140 Å². The highest BCUT2D eigenvalue weighted by atomic mass is 16.2. The van der Waals surface area contributed by atoms with Crippen LogP contribution in [-0.2, 0) is 9.59 Å². The van der Waals surface area contributed by atoms with Crippen molar-refractivity contribution in [2.24, 2.45) is 0 Å². The Morgan fingerprint density at radius 3 is 1.96 bits per heavy atom. The molecule has 0 saturated heterocycles. The smallest absolute Gasteiger partial charge is 0.258 e. The van der Waals surface area contributed by atoms with E-state index in [0.29, 0.717) is 22.5 Å². The van der Waals surface area contributed by atoms with Gasteiger partial charge in [-0.25, -0.2) is 0 Å². The summed E-state index contributed by atoms with van der Waals surface area (Å²) in [6.07, 6.45) is 0. The third-order valence-corrected chi connectivity index (χ3v) is 4.33. The number of carbonyl (C=O) groups is 2. The zero-order valence-corrected chi connectivity index (χ0v) is 13.4. The second-order valence-corrected chi connectivity index (χ2v) is 6.14. The van der Waals surface area contributed by atoms with E-state index in [4.69, 9.17) is 0 Å². The van der Waals surface area contributed by atoms with E-state index >= 15 is 0 Å². The van der Waals surface area contributed by atoms with E-state index in [1.54, 1.807) is 0 Å². The Morgan fingerprint density at radius 1 is 0.792 bits per heavy atom. The quantitative estimate of drug-likeness (QED) is 0.799. The van der Waals surface area contributed by atoms with Gasteiger partial charge in [0.25, 0.3) is 11.8 Å². The molecule has 0 aliphatic carbocycles. The zero-order chi connectivity index (χ0) is 16.8. The van der Waals surface area contributed by atoms with Gasteiger partial charge in [0.2, 0.25) is 0 Å². The Balaban J connectivity index is 1.90. The second kappa shape index (κ2) is 5.23. The normalized spacial score (nSPS) is 16.4. The average molecular weight is 314 g/mol. The summed E-state index contributed by atoms with van der Waals surface area (Å²) in [4.78, 5) is 25.0. The van der Waals surface area contributed by atoms with E-state index in [2.05, 4.69) is 10.6 Å². The van der Waals surface area contributed by atoms with E-state index < -0.39 is 0 Å². The number of amides is 2. The highest BCUT2D eigenvalue weighted by Gasteiger charge is 2.40. The molecule has 0 spiro atoms. The molecule has 0 atom stereocenters. The number of rotatable bonds is 2. The number of benzene rings is 2. The highest BCUT2D eigenvalue weighted by molar-refractivity contribution is 6.32. The summed E-state index contributed by atoms with van der Waals surface area (Å²) >= 11 is 0. The molecule has 2 amide bonds. The van der Waals surface area contributed by atoms with Crippen LogP contribution in [0.15, 0.2) is 59.7 Å². The van der Waals surface area contributed by atoms with Crippen LogP contribution in [0.1, 0.15) is 16.7 Å². The highest BCUT2D eigenvalue weighted by Crippen LogP contribution is 2.37. The van der Waals surface area contributed by atoms with E-state index in [-0.39, 0.29) is 11.8 Å². The molecule has 0 saturated carbocycles. The van der Waals surface area contributed by atoms with Crippen molar-refractivity contribution >= 4 is 36.5 Å². The van der Waals surface area contributed by atoms with Crippen LogP contribution in [0.25, 0.3) is 11.4 Å². The third kappa shape index (κ3) is 2.17. The van der Waals surface area contributed by atoms with Crippen LogP contribution < -0.4 is 16.1 Å². The van der Waals surface area contributed by atoms with Crippen molar-refractivity contribution in [3.63, 3.8) is 0 Å². The van der Waals surface area contributed by atoms with Crippen molar-refractivity contribution in [1.29, 1.82) is 0 Å². The molecule has 0 radical (unpaired) electrons. The summed E-state index contributed by atoms with van der Waals surface area (Å²) < 4.78 is 0. The summed E-state index contributed by atoms with van der Waals surface area (Å²) in [5.41, 5.74) is 5.90. The summed E-state index contributed by atoms with van der Waals surface area (Å²) in [6, 6.07) is 15.5. The topological polar surface area (TPSA) is 58.2 Å². The van der Waals surface area contributed by atoms with Crippen molar-refractivity contribution in [2.75, 3.05) is 0 Å². The lowest BCUT2D eigenvalue weighted by Crippen LogP contribution is -2.21. The van der Waals surface area contributed by atoms with Crippen LogP contribution in [0.3, 0.4) is 0 Å². The molecule has 4 nitrogen and oxygen atoms in total. The molecular weight excluding hydrogens is 299 g/mol. The first-order valence-electron chi connectivity index (χ1n) is 7.80. The molecular formula is C19H15BN2O2. The van der Waals surface area contributed by atoms with Gasteiger partial charge < -0.3 is 10.6 Å². The van der Waals surface area contributed by atoms with Gasteiger partial charge in [-0.05, 0) is 24.1 Å². The van der Waals surface area contributed by atoms with E-state index in [1.807, 2.05) is 63.3 Å². The Kier molecular flexibility index (Phi) is 3.16. The van der Waals surface area contributed by atoms with Gasteiger partial charge in [0.1, 0.15) is 7.85 Å². The number of carbonyl (C=O) groups excluding carboxylic acids is 2. The zero-order valence-electron chi connectivity index (χ0n) is 13.4. The van der Waals surface area contributed by atoms with Gasteiger partial charge in [-0.2, -0.15) is 0 Å². The first kappa shape index (κ1) is 14.5. The predicted molar refractivity (Wildman–Crippen MR) is 95.9 cm³/mol. The standard InChI is InChI=1S/C19H15BN2O2/c1-10-3-2-4-12(9-10)17-15-14(18(23)22-17)16(21-19(15)24)11-5-7-13(20)8-6-11/h2-9H,20H2,1H3,(H,21,24)(H,22,23). The van der Waals surface area contributed by atoms with Crippen molar-refractivity contribution in [3.05, 3.63) is 76.4 Å². The molecule has 2 N–H and O–H groups in total. The molecule has 2 aliphatic rings. The molecule has 0 fully saturated rings. The second-order valence-electron chi connectivity index (χ2n) is 6.14. The molecule has 2 aromatic rings. The minimum atomic E-state index is -0.240.